The van der Waals surface area contributed by atoms with E-state index in [4.69, 9.17) is 10.5 Å². The monoisotopic (exact) mass is 395 g/mol. The first kappa shape index (κ1) is 20.9. The largest absolute Gasteiger partial charge is 0.497 e. The van der Waals surface area contributed by atoms with Crippen LogP contribution in [0.15, 0.2) is 54.6 Å². The molecular weight excluding hydrogens is 366 g/mol. The predicted octanol–water partition coefficient (Wildman–Crippen LogP) is 2.26. The van der Waals surface area contributed by atoms with Gasteiger partial charge in [-0.15, -0.1) is 0 Å². The summed E-state index contributed by atoms with van der Waals surface area (Å²) in [7, 11) is 1.61. The predicted molar refractivity (Wildman–Crippen MR) is 112 cm³/mol. The molecule has 0 spiro atoms. The molecule has 1 fully saturated rings. The standard InChI is InChI=1S/C23H29N3O3/c1-29-20-10-5-9-18(14-20)16-25-23(28)21-11-6-12-26(21)22(27)15-19(24)13-17-7-3-2-4-8-17/h2-5,7-10,14,19,21H,6,11-13,15-16,24H2,1H3,(H,25,28)/t19-,21+/m1/s1. The fraction of sp³-hybridized carbons (Fsp3) is 0.391. The fourth-order valence-corrected chi connectivity index (χ4v) is 3.76. The van der Waals surface area contributed by atoms with E-state index in [1.165, 1.54) is 0 Å². The first-order valence-corrected chi connectivity index (χ1v) is 10.1. The van der Waals surface area contributed by atoms with Crippen LogP contribution in [0.2, 0.25) is 0 Å². The molecular formula is C23H29N3O3. The SMILES string of the molecule is COc1cccc(CNC(=O)[C@@H]2CCCN2C(=O)C[C@H](N)Cc2ccccc2)c1. The van der Waals surface area contributed by atoms with E-state index in [2.05, 4.69) is 5.32 Å². The minimum Gasteiger partial charge on any atom is -0.497 e. The van der Waals surface area contributed by atoms with Crippen molar-refractivity contribution in [3.05, 3.63) is 65.7 Å². The number of rotatable bonds is 8. The van der Waals surface area contributed by atoms with Gasteiger partial charge in [0, 0.05) is 25.6 Å². The number of methoxy groups -OCH3 is 1. The molecule has 2 amide bonds. The molecule has 6 heteroatoms. The van der Waals surface area contributed by atoms with Crippen LogP contribution in [-0.2, 0) is 22.6 Å². The van der Waals surface area contributed by atoms with Crippen LogP contribution in [0, 0.1) is 0 Å². The summed E-state index contributed by atoms with van der Waals surface area (Å²) < 4.78 is 5.21. The van der Waals surface area contributed by atoms with Crippen molar-refractivity contribution in [2.24, 2.45) is 5.73 Å². The zero-order chi connectivity index (χ0) is 20.6. The molecule has 3 N–H and O–H groups in total. The van der Waals surface area contributed by atoms with E-state index in [9.17, 15) is 9.59 Å². The van der Waals surface area contributed by atoms with Gasteiger partial charge in [-0.25, -0.2) is 0 Å². The van der Waals surface area contributed by atoms with Crippen LogP contribution in [-0.4, -0.2) is 42.5 Å². The lowest BCUT2D eigenvalue weighted by Gasteiger charge is -2.25. The number of nitrogens with one attached hydrogen (secondary N) is 1. The minimum atomic E-state index is -0.419. The van der Waals surface area contributed by atoms with E-state index < -0.39 is 6.04 Å². The average Bonchev–Trinajstić information content (AvgIpc) is 3.23. The number of likely N-dealkylation sites (tertiary alicyclic amines) is 1. The molecule has 2 aromatic carbocycles. The van der Waals surface area contributed by atoms with E-state index in [1.807, 2.05) is 54.6 Å². The van der Waals surface area contributed by atoms with Gasteiger partial charge in [-0.3, -0.25) is 9.59 Å². The molecule has 0 aliphatic carbocycles. The van der Waals surface area contributed by atoms with Crippen LogP contribution in [0.4, 0.5) is 0 Å². The summed E-state index contributed by atoms with van der Waals surface area (Å²) in [5.41, 5.74) is 8.27. The number of hydrogen-bond donors (Lipinski definition) is 2. The average molecular weight is 396 g/mol. The van der Waals surface area contributed by atoms with Crippen molar-refractivity contribution in [1.82, 2.24) is 10.2 Å². The van der Waals surface area contributed by atoms with Crippen LogP contribution in [0.5, 0.6) is 5.75 Å². The fourth-order valence-electron chi connectivity index (χ4n) is 3.76. The van der Waals surface area contributed by atoms with Crippen LogP contribution in [0.1, 0.15) is 30.4 Å². The lowest BCUT2D eigenvalue weighted by atomic mass is 10.0. The molecule has 1 heterocycles. The molecule has 1 aliphatic heterocycles. The molecule has 2 atom stereocenters. The van der Waals surface area contributed by atoms with Gasteiger partial charge in [0.05, 0.1) is 7.11 Å². The molecule has 1 aliphatic rings. The Morgan fingerprint density at radius 1 is 1.17 bits per heavy atom. The summed E-state index contributed by atoms with van der Waals surface area (Å²) in [5.74, 6) is 0.588. The van der Waals surface area contributed by atoms with E-state index in [0.717, 1.165) is 23.3 Å². The van der Waals surface area contributed by atoms with Crippen molar-refractivity contribution < 1.29 is 14.3 Å². The van der Waals surface area contributed by atoms with Gasteiger partial charge in [-0.05, 0) is 42.5 Å². The number of amides is 2. The Kier molecular flexibility index (Phi) is 7.25. The highest BCUT2D eigenvalue weighted by Gasteiger charge is 2.34. The van der Waals surface area contributed by atoms with Crippen LogP contribution in [0.25, 0.3) is 0 Å². The summed E-state index contributed by atoms with van der Waals surface area (Å²) in [6, 6.07) is 16.8. The summed E-state index contributed by atoms with van der Waals surface area (Å²) in [4.78, 5) is 27.2. The highest BCUT2D eigenvalue weighted by atomic mass is 16.5. The van der Waals surface area contributed by atoms with Crippen molar-refractivity contribution in [3.8, 4) is 5.75 Å². The molecule has 0 saturated carbocycles. The van der Waals surface area contributed by atoms with Crippen molar-refractivity contribution in [1.29, 1.82) is 0 Å². The molecule has 29 heavy (non-hydrogen) atoms. The van der Waals surface area contributed by atoms with Crippen LogP contribution < -0.4 is 15.8 Å². The van der Waals surface area contributed by atoms with Crippen molar-refractivity contribution in [2.45, 2.75) is 44.3 Å². The van der Waals surface area contributed by atoms with E-state index in [0.29, 0.717) is 25.9 Å². The van der Waals surface area contributed by atoms with Gasteiger partial charge in [-0.1, -0.05) is 42.5 Å². The maximum Gasteiger partial charge on any atom is 0.243 e. The summed E-state index contributed by atoms with van der Waals surface area (Å²) >= 11 is 0. The number of nitrogens with two attached hydrogens (primary N) is 1. The Morgan fingerprint density at radius 2 is 1.93 bits per heavy atom. The van der Waals surface area contributed by atoms with Gasteiger partial charge < -0.3 is 20.7 Å². The summed E-state index contributed by atoms with van der Waals surface area (Å²) in [6.45, 7) is 1.01. The quantitative estimate of drug-likeness (QED) is 0.718. The molecule has 0 unspecified atom stereocenters. The van der Waals surface area contributed by atoms with E-state index in [1.54, 1.807) is 12.0 Å². The Labute approximate surface area is 172 Å². The van der Waals surface area contributed by atoms with Crippen molar-refractivity contribution in [3.63, 3.8) is 0 Å². The number of ether oxygens (including phenoxy) is 1. The summed E-state index contributed by atoms with van der Waals surface area (Å²) in [6.07, 6.45) is 2.40. The van der Waals surface area contributed by atoms with Gasteiger partial charge in [-0.2, -0.15) is 0 Å². The number of carbonyl (C=O) groups excluding carboxylic acids is 2. The smallest absolute Gasteiger partial charge is 0.243 e. The topological polar surface area (TPSA) is 84.7 Å². The highest BCUT2D eigenvalue weighted by molar-refractivity contribution is 5.88. The third-order valence-electron chi connectivity index (χ3n) is 5.25. The Bertz CT molecular complexity index is 825. The number of benzene rings is 2. The molecule has 3 rings (SSSR count). The maximum absolute atomic E-state index is 12.8. The Hall–Kier alpha value is -2.86. The Morgan fingerprint density at radius 3 is 2.69 bits per heavy atom. The zero-order valence-corrected chi connectivity index (χ0v) is 16.8. The molecule has 6 nitrogen and oxygen atoms in total. The first-order chi connectivity index (χ1) is 14.1. The Balaban J connectivity index is 1.52. The van der Waals surface area contributed by atoms with Gasteiger partial charge in [0.25, 0.3) is 0 Å². The van der Waals surface area contributed by atoms with Crippen molar-refractivity contribution in [2.75, 3.05) is 13.7 Å². The number of nitrogens with zero attached hydrogens (tertiary/aromatic N) is 1. The summed E-state index contributed by atoms with van der Waals surface area (Å²) in [5, 5.41) is 2.95. The first-order valence-electron chi connectivity index (χ1n) is 10.1. The maximum atomic E-state index is 12.8. The van der Waals surface area contributed by atoms with Gasteiger partial charge in [0.2, 0.25) is 11.8 Å². The van der Waals surface area contributed by atoms with Crippen LogP contribution in [0.3, 0.4) is 0 Å². The second-order valence-corrected chi connectivity index (χ2v) is 7.47. The molecule has 1 saturated heterocycles. The van der Waals surface area contributed by atoms with Crippen LogP contribution >= 0.6 is 0 Å². The van der Waals surface area contributed by atoms with E-state index in [-0.39, 0.29) is 24.3 Å². The third-order valence-corrected chi connectivity index (χ3v) is 5.25. The normalized spacial score (nSPS) is 17.0. The van der Waals surface area contributed by atoms with Gasteiger partial charge in [0.1, 0.15) is 11.8 Å². The molecule has 0 radical (unpaired) electrons. The lowest BCUT2D eigenvalue weighted by molar-refractivity contribution is -0.138. The number of carbonyl (C=O) groups is 2. The van der Waals surface area contributed by atoms with Gasteiger partial charge in [0.15, 0.2) is 0 Å². The molecule has 0 bridgehead atoms. The highest BCUT2D eigenvalue weighted by Crippen LogP contribution is 2.20. The van der Waals surface area contributed by atoms with Crippen molar-refractivity contribution >= 4 is 11.8 Å². The molecule has 0 aromatic heterocycles. The minimum absolute atomic E-state index is 0.0486. The van der Waals surface area contributed by atoms with Gasteiger partial charge >= 0.3 is 0 Å². The third kappa shape index (κ3) is 5.81. The molecule has 2 aromatic rings. The zero-order valence-electron chi connectivity index (χ0n) is 16.8. The second kappa shape index (κ2) is 10.1. The number of hydrogen-bond acceptors (Lipinski definition) is 4. The second-order valence-electron chi connectivity index (χ2n) is 7.47. The van der Waals surface area contributed by atoms with E-state index >= 15 is 0 Å². The molecule has 154 valence electrons. The lowest BCUT2D eigenvalue weighted by Crippen LogP contribution is -2.47.